The van der Waals surface area contributed by atoms with Crippen molar-refractivity contribution in [3.8, 4) is 23.0 Å². The average molecular weight is 526 g/mol. The van der Waals surface area contributed by atoms with Crippen molar-refractivity contribution in [2.24, 2.45) is 0 Å². The molecular weight excluding hydrogens is 494 g/mol. The summed E-state index contributed by atoms with van der Waals surface area (Å²) in [5, 5.41) is 3.78. The zero-order chi connectivity index (χ0) is 26.3. The van der Waals surface area contributed by atoms with Gasteiger partial charge in [-0.05, 0) is 60.8 Å². The van der Waals surface area contributed by atoms with Gasteiger partial charge >= 0.3 is 5.97 Å². The average Bonchev–Trinajstić information content (AvgIpc) is 3.64. The largest absolute Gasteiger partial charge is 0.493 e. The molecule has 2 aliphatic carbocycles. The van der Waals surface area contributed by atoms with Crippen LogP contribution in [0.25, 0.3) is 0 Å². The molecule has 5 aliphatic rings. The van der Waals surface area contributed by atoms with Gasteiger partial charge in [0, 0.05) is 26.1 Å². The van der Waals surface area contributed by atoms with Gasteiger partial charge in [-0.15, -0.1) is 0 Å². The van der Waals surface area contributed by atoms with Crippen LogP contribution in [0.1, 0.15) is 46.9 Å². The molecule has 1 spiro atoms. The fourth-order valence-electron chi connectivity index (χ4n) is 7.86. The predicted molar refractivity (Wildman–Crippen MR) is 132 cm³/mol. The highest BCUT2D eigenvalue weighted by molar-refractivity contribution is 5.90. The summed E-state index contributed by atoms with van der Waals surface area (Å²) in [6, 6.07) is 9.09. The van der Waals surface area contributed by atoms with E-state index in [1.54, 1.807) is 39.5 Å². The Morgan fingerprint density at radius 1 is 1.00 bits per heavy atom. The minimum Gasteiger partial charge on any atom is -0.493 e. The highest BCUT2D eigenvalue weighted by Gasteiger charge is 2.81. The van der Waals surface area contributed by atoms with Crippen LogP contribution < -0.4 is 24.3 Å². The molecule has 3 heterocycles. The summed E-state index contributed by atoms with van der Waals surface area (Å²) in [7, 11) is 6.32. The Bertz CT molecular complexity index is 1320. The third-order valence-electron chi connectivity index (χ3n) is 9.30. The van der Waals surface area contributed by atoms with Crippen molar-refractivity contribution in [1.29, 1.82) is 0 Å². The molecule has 2 aromatic carbocycles. The van der Waals surface area contributed by atoms with E-state index < -0.39 is 34.9 Å². The normalized spacial score (nSPS) is 35.4. The number of fused-ring (bicyclic) bond motifs is 4. The first kappa shape index (κ1) is 24.0. The van der Waals surface area contributed by atoms with Crippen LogP contribution in [0.4, 0.5) is 0 Å². The Balaban J connectivity index is 1.33. The molecule has 2 saturated heterocycles. The van der Waals surface area contributed by atoms with Crippen molar-refractivity contribution < 1.29 is 42.7 Å². The standard InChI is InChI=1S/C28H31NO9/c1-31-18-6-5-15(9-19(18)32-2)25(30)37-23-12-26-7-8-29-27(26)13-22(38-28(27,34-4)24(23)33-3)16-10-20-21(11-17(16)26)36-14-35-20/h5-6,9-11,22-24,29H,7-8,12-14H2,1-4H3. The maximum Gasteiger partial charge on any atom is 0.338 e. The number of carbonyl (C=O) groups is 1. The number of ether oxygens (including phenoxy) is 8. The van der Waals surface area contributed by atoms with Gasteiger partial charge in [0.2, 0.25) is 12.6 Å². The number of nitrogens with one attached hydrogen (secondary N) is 1. The van der Waals surface area contributed by atoms with E-state index in [1.165, 1.54) is 7.11 Å². The van der Waals surface area contributed by atoms with E-state index in [1.807, 2.05) is 6.07 Å². The van der Waals surface area contributed by atoms with Crippen molar-refractivity contribution in [3.63, 3.8) is 0 Å². The molecule has 1 N–H and O–H groups in total. The highest BCUT2D eigenvalue weighted by atomic mass is 16.7. The van der Waals surface area contributed by atoms with Gasteiger partial charge in [-0.3, -0.25) is 0 Å². The zero-order valence-corrected chi connectivity index (χ0v) is 21.8. The van der Waals surface area contributed by atoms with Gasteiger partial charge in [-0.2, -0.15) is 0 Å². The molecule has 3 aliphatic heterocycles. The summed E-state index contributed by atoms with van der Waals surface area (Å²) in [5.74, 6) is 0.740. The number of rotatable bonds is 6. The van der Waals surface area contributed by atoms with E-state index >= 15 is 0 Å². The molecule has 2 bridgehead atoms. The smallest absolute Gasteiger partial charge is 0.338 e. The maximum atomic E-state index is 13.5. The van der Waals surface area contributed by atoms with Crippen LogP contribution in [0, 0.1) is 0 Å². The lowest BCUT2D eigenvalue weighted by Gasteiger charge is -2.59. The Morgan fingerprint density at radius 2 is 1.79 bits per heavy atom. The lowest BCUT2D eigenvalue weighted by Crippen LogP contribution is -2.78. The van der Waals surface area contributed by atoms with E-state index in [0.29, 0.717) is 29.9 Å². The third-order valence-corrected chi connectivity index (χ3v) is 9.30. The number of hydrogen-bond donors (Lipinski definition) is 1. The molecular formula is C28H31NO9. The Kier molecular flexibility index (Phi) is 5.20. The molecule has 10 heteroatoms. The summed E-state index contributed by atoms with van der Waals surface area (Å²) in [6.07, 6.45) is 0.505. The molecule has 3 fully saturated rings. The zero-order valence-electron chi connectivity index (χ0n) is 21.8. The lowest BCUT2D eigenvalue weighted by atomic mass is 9.51. The first-order valence-corrected chi connectivity index (χ1v) is 12.8. The van der Waals surface area contributed by atoms with Crippen LogP contribution in [0.15, 0.2) is 30.3 Å². The van der Waals surface area contributed by atoms with Crippen molar-refractivity contribution >= 4 is 5.97 Å². The number of hydrogen-bond acceptors (Lipinski definition) is 10. The fraction of sp³-hybridized carbons (Fsp3) is 0.536. The summed E-state index contributed by atoms with van der Waals surface area (Å²) >= 11 is 0. The third kappa shape index (κ3) is 2.78. The summed E-state index contributed by atoms with van der Waals surface area (Å²) in [6.45, 7) is 0.960. The predicted octanol–water partition coefficient (Wildman–Crippen LogP) is 2.86. The SMILES string of the molecule is COc1ccc(C(=O)OC2CC34CCNC35CC(OC5(OC)C2OC)c2cc3c(cc24)OCO3)cc1OC. The maximum absolute atomic E-state index is 13.5. The molecule has 38 heavy (non-hydrogen) atoms. The second-order valence-corrected chi connectivity index (χ2v) is 10.5. The first-order chi connectivity index (χ1) is 18.5. The second kappa shape index (κ2) is 8.22. The first-order valence-electron chi connectivity index (χ1n) is 12.8. The molecule has 2 aromatic rings. The van der Waals surface area contributed by atoms with Gasteiger partial charge in [0.15, 0.2) is 23.0 Å². The van der Waals surface area contributed by atoms with Crippen LogP contribution in [0.3, 0.4) is 0 Å². The Hall–Kier alpha value is -3.05. The van der Waals surface area contributed by atoms with Crippen molar-refractivity contribution in [2.75, 3.05) is 41.8 Å². The van der Waals surface area contributed by atoms with Gasteiger partial charge in [-0.25, -0.2) is 4.79 Å². The van der Waals surface area contributed by atoms with Crippen LogP contribution in [0.5, 0.6) is 23.0 Å². The number of methoxy groups -OCH3 is 4. The topological polar surface area (TPSA) is 103 Å². The van der Waals surface area contributed by atoms with Crippen LogP contribution in [0.2, 0.25) is 0 Å². The highest BCUT2D eigenvalue weighted by Crippen LogP contribution is 2.70. The van der Waals surface area contributed by atoms with E-state index in [2.05, 4.69) is 11.4 Å². The van der Waals surface area contributed by atoms with Crippen molar-refractivity contribution in [3.05, 3.63) is 47.0 Å². The molecule has 0 radical (unpaired) electrons. The molecule has 1 saturated carbocycles. The fourth-order valence-corrected chi connectivity index (χ4v) is 7.86. The molecule has 10 nitrogen and oxygen atoms in total. The van der Waals surface area contributed by atoms with Crippen LogP contribution in [-0.2, 0) is 24.4 Å². The monoisotopic (exact) mass is 525 g/mol. The molecule has 6 unspecified atom stereocenters. The molecule has 0 amide bonds. The summed E-state index contributed by atoms with van der Waals surface area (Å²) in [4.78, 5) is 13.5. The van der Waals surface area contributed by atoms with Crippen molar-refractivity contribution in [1.82, 2.24) is 5.32 Å². The van der Waals surface area contributed by atoms with Crippen LogP contribution in [-0.4, -0.2) is 71.3 Å². The Morgan fingerprint density at radius 3 is 2.53 bits per heavy atom. The Labute approximate surface area is 220 Å². The molecule has 7 rings (SSSR count). The summed E-state index contributed by atoms with van der Waals surface area (Å²) in [5.41, 5.74) is 1.54. The van der Waals surface area contributed by atoms with E-state index in [0.717, 1.165) is 35.6 Å². The quantitative estimate of drug-likeness (QED) is 0.567. The van der Waals surface area contributed by atoms with Crippen LogP contribution >= 0.6 is 0 Å². The van der Waals surface area contributed by atoms with Gasteiger partial charge in [-0.1, -0.05) is 0 Å². The van der Waals surface area contributed by atoms with Gasteiger partial charge in [0.05, 0.1) is 31.4 Å². The molecule has 6 atom stereocenters. The molecule has 202 valence electrons. The van der Waals surface area contributed by atoms with E-state index in [9.17, 15) is 4.79 Å². The number of esters is 1. The van der Waals surface area contributed by atoms with Gasteiger partial charge in [0.1, 0.15) is 12.2 Å². The van der Waals surface area contributed by atoms with Crippen molar-refractivity contribution in [2.45, 2.75) is 54.3 Å². The minimum absolute atomic E-state index is 0.194. The second-order valence-electron chi connectivity index (χ2n) is 10.5. The van der Waals surface area contributed by atoms with E-state index in [-0.39, 0.29) is 12.9 Å². The van der Waals surface area contributed by atoms with Gasteiger partial charge < -0.3 is 43.2 Å². The summed E-state index contributed by atoms with van der Waals surface area (Å²) < 4.78 is 47.6. The minimum atomic E-state index is -1.19. The molecule has 0 aromatic heterocycles. The number of benzene rings is 2. The van der Waals surface area contributed by atoms with E-state index in [4.69, 9.17) is 37.9 Å². The number of carbonyl (C=O) groups excluding carboxylic acids is 1. The van der Waals surface area contributed by atoms with Gasteiger partial charge in [0.25, 0.3) is 0 Å². The lowest BCUT2D eigenvalue weighted by molar-refractivity contribution is -0.326.